The number of hydrogen-bond acceptors (Lipinski definition) is 3. The van der Waals surface area contributed by atoms with Gasteiger partial charge in [0, 0.05) is 9.13 Å². The van der Waals surface area contributed by atoms with E-state index >= 15 is 0 Å². The number of carbonyl (C=O) groups excluding carboxylic acids is 2. The summed E-state index contributed by atoms with van der Waals surface area (Å²) in [7, 11) is 1.22. The van der Waals surface area contributed by atoms with Crippen LogP contribution in [0.4, 0.5) is 4.79 Å². The fourth-order valence-electron chi connectivity index (χ4n) is 0.965. The zero-order valence-electron chi connectivity index (χ0n) is 8.83. The van der Waals surface area contributed by atoms with E-state index in [0.29, 0.717) is 5.56 Å². The highest BCUT2D eigenvalue weighted by atomic mass is 127. The fraction of sp³-hybridized carbons (Fsp3) is 0.200. The maximum Gasteiger partial charge on any atom is 0.425 e. The van der Waals surface area contributed by atoms with Crippen LogP contribution in [0.1, 0.15) is 15.9 Å². The molecule has 0 aliphatic rings. The Bertz CT molecular complexity index is 421. The molecule has 0 saturated carbocycles. The second kappa shape index (κ2) is 5.69. The van der Waals surface area contributed by atoms with E-state index in [2.05, 4.69) is 38.2 Å². The van der Waals surface area contributed by atoms with Gasteiger partial charge in [-0.2, -0.15) is 0 Å². The van der Waals surface area contributed by atoms with Crippen LogP contribution in [0, 0.1) is 10.5 Å². The van der Waals surface area contributed by atoms with Gasteiger partial charge in [-0.3, -0.25) is 10.2 Å². The Morgan fingerprint density at radius 3 is 2.56 bits per heavy atom. The Hall–Kier alpha value is -1.31. The first kappa shape index (κ1) is 12.8. The third kappa shape index (κ3) is 3.37. The Kier molecular flexibility index (Phi) is 4.53. The van der Waals surface area contributed by atoms with Crippen molar-refractivity contribution in [3.05, 3.63) is 32.9 Å². The molecule has 5 nitrogen and oxygen atoms in total. The molecule has 6 heteroatoms. The van der Waals surface area contributed by atoms with Crippen molar-refractivity contribution >= 4 is 34.6 Å². The number of hydrogen-bond donors (Lipinski definition) is 2. The molecule has 0 radical (unpaired) electrons. The highest BCUT2D eigenvalue weighted by Gasteiger charge is 2.08. The predicted molar refractivity (Wildman–Crippen MR) is 66.9 cm³/mol. The molecule has 0 bridgehead atoms. The van der Waals surface area contributed by atoms with Crippen LogP contribution in [-0.2, 0) is 4.74 Å². The molecule has 0 saturated heterocycles. The number of aryl methyl sites for hydroxylation is 1. The first-order valence-electron chi connectivity index (χ1n) is 4.45. The van der Waals surface area contributed by atoms with Crippen LogP contribution in [0.5, 0.6) is 0 Å². The molecular formula is C10H11IN2O3. The summed E-state index contributed by atoms with van der Waals surface area (Å²) >= 11 is 2.14. The molecular weight excluding hydrogens is 323 g/mol. The van der Waals surface area contributed by atoms with Crippen LogP contribution in [-0.4, -0.2) is 19.1 Å². The van der Waals surface area contributed by atoms with Crippen molar-refractivity contribution < 1.29 is 14.3 Å². The second-order valence-electron chi connectivity index (χ2n) is 3.03. The summed E-state index contributed by atoms with van der Waals surface area (Å²) in [5, 5.41) is 0. The molecule has 0 heterocycles. The van der Waals surface area contributed by atoms with Gasteiger partial charge in [0.1, 0.15) is 0 Å². The molecule has 0 atom stereocenters. The molecule has 0 unspecified atom stereocenters. The van der Waals surface area contributed by atoms with E-state index in [1.54, 1.807) is 12.1 Å². The van der Waals surface area contributed by atoms with E-state index in [0.717, 1.165) is 9.13 Å². The van der Waals surface area contributed by atoms with Crippen LogP contribution >= 0.6 is 22.6 Å². The normalized spacial score (nSPS) is 9.44. The maximum absolute atomic E-state index is 11.5. The lowest BCUT2D eigenvalue weighted by molar-refractivity contribution is 0.0920. The summed E-state index contributed by atoms with van der Waals surface area (Å²) in [4.78, 5) is 22.3. The van der Waals surface area contributed by atoms with Gasteiger partial charge in [0.15, 0.2) is 0 Å². The zero-order chi connectivity index (χ0) is 12.1. The van der Waals surface area contributed by atoms with E-state index in [1.165, 1.54) is 7.11 Å². The SMILES string of the molecule is COC(=O)NNC(=O)c1ccc(C)c(I)c1. The number of nitrogens with one attached hydrogen (secondary N) is 2. The Labute approximate surface area is 107 Å². The van der Waals surface area contributed by atoms with Crippen LogP contribution in [0.2, 0.25) is 0 Å². The fourth-order valence-corrected chi connectivity index (χ4v) is 1.48. The van der Waals surface area contributed by atoms with Gasteiger partial charge in [-0.15, -0.1) is 0 Å². The third-order valence-corrected chi connectivity index (χ3v) is 3.06. The first-order valence-corrected chi connectivity index (χ1v) is 5.53. The van der Waals surface area contributed by atoms with E-state index in [1.807, 2.05) is 13.0 Å². The molecule has 16 heavy (non-hydrogen) atoms. The minimum atomic E-state index is -0.713. The van der Waals surface area contributed by atoms with E-state index < -0.39 is 6.09 Å². The van der Waals surface area contributed by atoms with Gasteiger partial charge in [-0.05, 0) is 47.2 Å². The molecule has 1 rings (SSSR count). The topological polar surface area (TPSA) is 67.4 Å². The van der Waals surface area contributed by atoms with Crippen molar-refractivity contribution in [2.75, 3.05) is 7.11 Å². The molecule has 0 spiro atoms. The first-order chi connectivity index (χ1) is 7.54. The highest BCUT2D eigenvalue weighted by Crippen LogP contribution is 2.13. The number of hydrazine groups is 1. The lowest BCUT2D eigenvalue weighted by Crippen LogP contribution is -2.41. The quantitative estimate of drug-likeness (QED) is 0.606. The minimum Gasteiger partial charge on any atom is -0.452 e. The largest absolute Gasteiger partial charge is 0.452 e. The number of amides is 2. The molecule has 0 fully saturated rings. The summed E-state index contributed by atoms with van der Waals surface area (Å²) in [6.45, 7) is 1.95. The molecule has 0 aromatic heterocycles. The van der Waals surface area contributed by atoms with Gasteiger partial charge in [0.25, 0.3) is 5.91 Å². The van der Waals surface area contributed by atoms with E-state index in [-0.39, 0.29) is 5.91 Å². The van der Waals surface area contributed by atoms with Crippen molar-refractivity contribution in [2.24, 2.45) is 0 Å². The number of rotatable bonds is 1. The number of ether oxygens (including phenoxy) is 1. The predicted octanol–water partition coefficient (Wildman–Crippen LogP) is 1.60. The Morgan fingerprint density at radius 1 is 1.31 bits per heavy atom. The maximum atomic E-state index is 11.5. The number of carbonyl (C=O) groups is 2. The van der Waals surface area contributed by atoms with Gasteiger partial charge >= 0.3 is 6.09 Å². The van der Waals surface area contributed by atoms with Gasteiger partial charge in [0.2, 0.25) is 0 Å². The summed E-state index contributed by atoms with van der Waals surface area (Å²) in [6.07, 6.45) is -0.713. The Balaban J connectivity index is 2.66. The molecule has 0 aliphatic carbocycles. The van der Waals surface area contributed by atoms with Gasteiger partial charge in [0.05, 0.1) is 7.11 Å². The average Bonchev–Trinajstić information content (AvgIpc) is 2.29. The molecule has 86 valence electrons. The minimum absolute atomic E-state index is 0.386. The zero-order valence-corrected chi connectivity index (χ0v) is 11.0. The summed E-state index contributed by atoms with van der Waals surface area (Å²) in [5.74, 6) is -0.386. The van der Waals surface area contributed by atoms with Gasteiger partial charge < -0.3 is 4.74 Å². The summed E-state index contributed by atoms with van der Waals surface area (Å²) in [6, 6.07) is 5.27. The van der Waals surface area contributed by atoms with E-state index in [9.17, 15) is 9.59 Å². The van der Waals surface area contributed by atoms with Crippen molar-refractivity contribution in [1.29, 1.82) is 0 Å². The van der Waals surface area contributed by atoms with Gasteiger partial charge in [-0.25, -0.2) is 10.2 Å². The van der Waals surface area contributed by atoms with Crippen molar-refractivity contribution in [3.8, 4) is 0 Å². The van der Waals surface area contributed by atoms with Gasteiger partial charge in [-0.1, -0.05) is 6.07 Å². The number of methoxy groups -OCH3 is 1. The standard InChI is InChI=1S/C10H11IN2O3/c1-6-3-4-7(5-8(6)11)9(14)12-13-10(15)16-2/h3-5H,1-2H3,(H,12,14)(H,13,15). The number of benzene rings is 1. The summed E-state index contributed by atoms with van der Waals surface area (Å²) < 4.78 is 5.30. The van der Waals surface area contributed by atoms with Crippen LogP contribution < -0.4 is 10.9 Å². The van der Waals surface area contributed by atoms with E-state index in [4.69, 9.17) is 0 Å². The van der Waals surface area contributed by atoms with Crippen LogP contribution in [0.15, 0.2) is 18.2 Å². The summed E-state index contributed by atoms with van der Waals surface area (Å²) in [5.41, 5.74) is 5.90. The average molecular weight is 334 g/mol. The van der Waals surface area contributed by atoms with Crippen LogP contribution in [0.3, 0.4) is 0 Å². The molecule has 1 aromatic rings. The molecule has 2 N–H and O–H groups in total. The molecule has 0 aliphatic heterocycles. The monoisotopic (exact) mass is 334 g/mol. The third-order valence-electron chi connectivity index (χ3n) is 1.90. The second-order valence-corrected chi connectivity index (χ2v) is 4.20. The van der Waals surface area contributed by atoms with Crippen LogP contribution in [0.25, 0.3) is 0 Å². The van der Waals surface area contributed by atoms with Crippen molar-refractivity contribution in [3.63, 3.8) is 0 Å². The lowest BCUT2D eigenvalue weighted by Gasteiger charge is -2.06. The Morgan fingerprint density at radius 2 is 2.00 bits per heavy atom. The molecule has 1 aromatic carbocycles. The van der Waals surface area contributed by atoms with Crippen molar-refractivity contribution in [2.45, 2.75) is 6.92 Å². The highest BCUT2D eigenvalue weighted by molar-refractivity contribution is 14.1. The van der Waals surface area contributed by atoms with Crippen molar-refractivity contribution in [1.82, 2.24) is 10.9 Å². The smallest absolute Gasteiger partial charge is 0.425 e. The number of halogens is 1. The lowest BCUT2D eigenvalue weighted by atomic mass is 10.1. The molecule has 2 amide bonds.